The van der Waals surface area contributed by atoms with Gasteiger partial charge in [0.25, 0.3) is 0 Å². The highest BCUT2D eigenvalue weighted by molar-refractivity contribution is 6.30. The molecule has 1 aromatic carbocycles. The van der Waals surface area contributed by atoms with Crippen LogP contribution in [0.4, 0.5) is 10.1 Å². The zero-order valence-corrected chi connectivity index (χ0v) is 9.50. The lowest BCUT2D eigenvalue weighted by molar-refractivity contribution is 0.630. The highest BCUT2D eigenvalue weighted by atomic mass is 35.5. The van der Waals surface area contributed by atoms with Gasteiger partial charge < -0.3 is 5.32 Å². The maximum atomic E-state index is 13.3. The molecule has 1 aromatic heterocycles. The number of hydrogen-bond donors (Lipinski definition) is 1. The summed E-state index contributed by atoms with van der Waals surface area (Å²) in [6.07, 6.45) is 3.60. The average molecular weight is 240 g/mol. The Bertz CT molecular complexity index is 496. The minimum absolute atomic E-state index is 0.312. The quantitative estimate of drug-likeness (QED) is 0.893. The number of anilines is 1. The van der Waals surface area contributed by atoms with Crippen molar-refractivity contribution in [1.29, 1.82) is 0 Å². The van der Waals surface area contributed by atoms with Crippen LogP contribution in [0.1, 0.15) is 5.56 Å². The molecule has 0 fully saturated rings. The van der Waals surface area contributed by atoms with Crippen molar-refractivity contribution in [3.63, 3.8) is 0 Å². The van der Waals surface area contributed by atoms with Crippen LogP contribution in [0.15, 0.2) is 30.6 Å². The first-order valence-corrected chi connectivity index (χ1v) is 5.19. The van der Waals surface area contributed by atoms with E-state index in [1.807, 2.05) is 13.2 Å². The van der Waals surface area contributed by atoms with Gasteiger partial charge in [0.15, 0.2) is 0 Å². The number of halogens is 2. The fourth-order valence-corrected chi connectivity index (χ4v) is 1.57. The first-order valence-electron chi connectivity index (χ1n) is 4.81. The van der Waals surface area contributed by atoms with E-state index >= 15 is 0 Å². The molecule has 2 rings (SSSR count). The summed E-state index contributed by atoms with van der Waals surface area (Å²) < 4.78 is 15.0. The van der Waals surface area contributed by atoms with Crippen LogP contribution < -0.4 is 5.32 Å². The smallest absolute Gasteiger partial charge is 0.146 e. The molecule has 0 spiro atoms. The molecule has 2 aromatic rings. The van der Waals surface area contributed by atoms with Crippen LogP contribution in [-0.4, -0.2) is 9.78 Å². The average Bonchev–Trinajstić information content (AvgIpc) is 2.66. The monoisotopic (exact) mass is 239 g/mol. The molecule has 0 saturated heterocycles. The largest absolute Gasteiger partial charge is 0.378 e. The second kappa shape index (κ2) is 4.53. The van der Waals surface area contributed by atoms with Crippen LogP contribution in [0.3, 0.4) is 0 Å². The van der Waals surface area contributed by atoms with Crippen LogP contribution in [0.5, 0.6) is 0 Å². The zero-order valence-electron chi connectivity index (χ0n) is 8.74. The van der Waals surface area contributed by atoms with Crippen molar-refractivity contribution in [1.82, 2.24) is 9.78 Å². The van der Waals surface area contributed by atoms with Crippen molar-refractivity contribution >= 4 is 17.3 Å². The van der Waals surface area contributed by atoms with Gasteiger partial charge in [-0.05, 0) is 18.2 Å². The van der Waals surface area contributed by atoms with Crippen LogP contribution in [0, 0.1) is 5.82 Å². The van der Waals surface area contributed by atoms with Gasteiger partial charge in [-0.15, -0.1) is 0 Å². The summed E-state index contributed by atoms with van der Waals surface area (Å²) in [6, 6.07) is 4.42. The molecule has 0 bridgehead atoms. The lowest BCUT2D eigenvalue weighted by Crippen LogP contribution is -2.00. The van der Waals surface area contributed by atoms with E-state index in [1.54, 1.807) is 16.9 Å². The van der Waals surface area contributed by atoms with E-state index in [2.05, 4.69) is 10.4 Å². The Morgan fingerprint density at radius 3 is 3.00 bits per heavy atom. The summed E-state index contributed by atoms with van der Waals surface area (Å²) in [5.74, 6) is -0.312. The molecule has 5 heteroatoms. The van der Waals surface area contributed by atoms with Crippen molar-refractivity contribution in [3.05, 3.63) is 47.0 Å². The van der Waals surface area contributed by atoms with E-state index in [1.165, 1.54) is 12.1 Å². The first kappa shape index (κ1) is 11.0. The Kier molecular flexibility index (Phi) is 3.10. The van der Waals surface area contributed by atoms with Crippen LogP contribution in [0.25, 0.3) is 0 Å². The highest BCUT2D eigenvalue weighted by Gasteiger charge is 2.03. The number of nitrogens with zero attached hydrogens (tertiary/aromatic N) is 2. The standard InChI is InChI=1S/C11H11ClFN3/c1-16-7-8(6-15-16)5-14-11-4-9(12)2-3-10(11)13/h2-4,6-7,14H,5H2,1H3. The number of nitrogens with one attached hydrogen (secondary N) is 1. The van der Waals surface area contributed by atoms with Crippen molar-refractivity contribution in [2.45, 2.75) is 6.54 Å². The second-order valence-electron chi connectivity index (χ2n) is 3.50. The van der Waals surface area contributed by atoms with Crippen LogP contribution in [0.2, 0.25) is 5.02 Å². The summed E-state index contributed by atoms with van der Waals surface area (Å²) >= 11 is 5.78. The summed E-state index contributed by atoms with van der Waals surface area (Å²) in [6.45, 7) is 0.519. The van der Waals surface area contributed by atoms with Gasteiger partial charge >= 0.3 is 0 Å². The minimum Gasteiger partial charge on any atom is -0.378 e. The normalized spacial score (nSPS) is 10.4. The Balaban J connectivity index is 2.07. The molecule has 3 nitrogen and oxygen atoms in total. The lowest BCUT2D eigenvalue weighted by Gasteiger charge is -2.06. The molecule has 16 heavy (non-hydrogen) atoms. The van der Waals surface area contributed by atoms with Gasteiger partial charge in [-0.2, -0.15) is 5.10 Å². The van der Waals surface area contributed by atoms with Crippen molar-refractivity contribution < 1.29 is 4.39 Å². The first-order chi connectivity index (χ1) is 7.65. The Labute approximate surface area is 97.8 Å². The number of aryl methyl sites for hydroxylation is 1. The van der Waals surface area contributed by atoms with Gasteiger partial charge in [-0.25, -0.2) is 4.39 Å². The minimum atomic E-state index is -0.312. The molecule has 1 N–H and O–H groups in total. The number of aromatic nitrogens is 2. The third-order valence-electron chi connectivity index (χ3n) is 2.17. The van der Waals surface area contributed by atoms with Crippen molar-refractivity contribution in [3.8, 4) is 0 Å². The maximum Gasteiger partial charge on any atom is 0.146 e. The van der Waals surface area contributed by atoms with Gasteiger partial charge in [0.05, 0.1) is 11.9 Å². The Hall–Kier alpha value is -1.55. The molecule has 0 atom stereocenters. The zero-order chi connectivity index (χ0) is 11.5. The summed E-state index contributed by atoms with van der Waals surface area (Å²) in [4.78, 5) is 0. The molecule has 1 heterocycles. The van der Waals surface area contributed by atoms with Gasteiger partial charge in [0.1, 0.15) is 5.82 Å². The van der Waals surface area contributed by atoms with E-state index in [0.717, 1.165) is 5.56 Å². The Morgan fingerprint density at radius 2 is 2.31 bits per heavy atom. The molecule has 0 aliphatic heterocycles. The molecule has 0 unspecified atom stereocenters. The Morgan fingerprint density at radius 1 is 1.50 bits per heavy atom. The molecule has 0 amide bonds. The predicted molar refractivity (Wildman–Crippen MR) is 61.9 cm³/mol. The van der Waals surface area contributed by atoms with Gasteiger partial charge in [-0.1, -0.05) is 11.6 Å². The lowest BCUT2D eigenvalue weighted by atomic mass is 10.3. The number of rotatable bonds is 3. The molecule has 84 valence electrons. The van der Waals surface area contributed by atoms with E-state index in [4.69, 9.17) is 11.6 Å². The van der Waals surface area contributed by atoms with Gasteiger partial charge in [0.2, 0.25) is 0 Å². The molecular weight excluding hydrogens is 229 g/mol. The second-order valence-corrected chi connectivity index (χ2v) is 3.94. The summed E-state index contributed by atoms with van der Waals surface area (Å²) in [5.41, 5.74) is 1.39. The van der Waals surface area contributed by atoms with Gasteiger partial charge in [-0.3, -0.25) is 4.68 Å². The van der Waals surface area contributed by atoms with E-state index in [0.29, 0.717) is 17.3 Å². The fourth-order valence-electron chi connectivity index (χ4n) is 1.39. The summed E-state index contributed by atoms with van der Waals surface area (Å²) in [7, 11) is 1.84. The van der Waals surface area contributed by atoms with Crippen molar-refractivity contribution in [2.24, 2.45) is 7.05 Å². The van der Waals surface area contributed by atoms with Crippen LogP contribution >= 0.6 is 11.6 Å². The highest BCUT2D eigenvalue weighted by Crippen LogP contribution is 2.20. The maximum absolute atomic E-state index is 13.3. The van der Waals surface area contributed by atoms with Gasteiger partial charge in [0, 0.05) is 30.4 Å². The molecule has 0 aliphatic carbocycles. The third kappa shape index (κ3) is 2.52. The van der Waals surface area contributed by atoms with E-state index < -0.39 is 0 Å². The number of benzene rings is 1. The third-order valence-corrected chi connectivity index (χ3v) is 2.40. The fraction of sp³-hybridized carbons (Fsp3) is 0.182. The summed E-state index contributed by atoms with van der Waals surface area (Å²) in [5, 5.41) is 7.51. The predicted octanol–water partition coefficient (Wildman–Crippen LogP) is 2.82. The van der Waals surface area contributed by atoms with Crippen LogP contribution in [-0.2, 0) is 13.6 Å². The SMILES string of the molecule is Cn1cc(CNc2cc(Cl)ccc2F)cn1. The molecular formula is C11H11ClFN3. The number of hydrogen-bond acceptors (Lipinski definition) is 2. The topological polar surface area (TPSA) is 29.9 Å². The van der Waals surface area contributed by atoms with Crippen molar-refractivity contribution in [2.75, 3.05) is 5.32 Å². The molecule has 0 radical (unpaired) electrons. The molecule has 0 saturated carbocycles. The van der Waals surface area contributed by atoms with E-state index in [9.17, 15) is 4.39 Å². The van der Waals surface area contributed by atoms with E-state index in [-0.39, 0.29) is 5.82 Å². The molecule has 0 aliphatic rings.